The van der Waals surface area contributed by atoms with E-state index in [1.54, 1.807) is 4.90 Å². The van der Waals surface area contributed by atoms with Crippen molar-refractivity contribution in [1.82, 2.24) is 5.32 Å². The molecule has 1 atom stereocenters. The number of rotatable bonds is 1. The standard InChI is InChI=1S/C14H17N3O3/c18-14(15-10-6-8-20-9-10)17-7-5-12(16-19)11-3-1-2-4-13(11)17/h1-4,10,19H,5-9H2,(H,15,18)/b16-12-. The molecule has 6 nitrogen and oxygen atoms in total. The summed E-state index contributed by atoms with van der Waals surface area (Å²) in [5.74, 6) is 0. The molecule has 0 saturated carbocycles. The normalized spacial score (nSPS) is 23.7. The van der Waals surface area contributed by atoms with Gasteiger partial charge in [-0.25, -0.2) is 4.79 Å². The fraction of sp³-hybridized carbons (Fsp3) is 0.429. The maximum atomic E-state index is 12.4. The molecule has 2 aliphatic rings. The number of fused-ring (bicyclic) bond motifs is 1. The summed E-state index contributed by atoms with van der Waals surface area (Å²) >= 11 is 0. The Hall–Kier alpha value is -2.08. The quantitative estimate of drug-likeness (QED) is 0.603. The zero-order chi connectivity index (χ0) is 13.9. The summed E-state index contributed by atoms with van der Waals surface area (Å²) in [7, 11) is 0. The summed E-state index contributed by atoms with van der Waals surface area (Å²) in [6.07, 6.45) is 1.40. The number of oxime groups is 1. The fourth-order valence-electron chi connectivity index (χ4n) is 2.64. The van der Waals surface area contributed by atoms with Crippen molar-refractivity contribution < 1.29 is 14.7 Å². The van der Waals surface area contributed by atoms with E-state index in [4.69, 9.17) is 9.94 Å². The van der Waals surface area contributed by atoms with E-state index in [2.05, 4.69) is 10.5 Å². The predicted octanol–water partition coefficient (Wildman–Crippen LogP) is 1.57. The van der Waals surface area contributed by atoms with Gasteiger partial charge in [-0.3, -0.25) is 4.90 Å². The molecule has 1 aromatic carbocycles. The van der Waals surface area contributed by atoms with Crippen LogP contribution in [-0.4, -0.2) is 42.8 Å². The van der Waals surface area contributed by atoms with Gasteiger partial charge in [-0.1, -0.05) is 23.4 Å². The predicted molar refractivity (Wildman–Crippen MR) is 74.5 cm³/mol. The Bertz CT molecular complexity index is 538. The molecule has 0 aromatic heterocycles. The average molecular weight is 275 g/mol. The third-order valence-electron chi connectivity index (χ3n) is 3.70. The van der Waals surface area contributed by atoms with E-state index >= 15 is 0 Å². The number of anilines is 1. The molecular formula is C14H17N3O3. The molecule has 106 valence electrons. The molecule has 1 saturated heterocycles. The third kappa shape index (κ3) is 2.34. The zero-order valence-corrected chi connectivity index (χ0v) is 11.1. The third-order valence-corrected chi connectivity index (χ3v) is 3.70. The van der Waals surface area contributed by atoms with E-state index in [0.29, 0.717) is 31.9 Å². The first-order valence-electron chi connectivity index (χ1n) is 6.75. The Labute approximate surface area is 117 Å². The van der Waals surface area contributed by atoms with E-state index in [0.717, 1.165) is 17.7 Å². The number of para-hydroxylation sites is 1. The van der Waals surface area contributed by atoms with Crippen molar-refractivity contribution in [3.05, 3.63) is 29.8 Å². The van der Waals surface area contributed by atoms with E-state index in [-0.39, 0.29) is 12.1 Å². The van der Waals surface area contributed by atoms with Gasteiger partial charge in [0.1, 0.15) is 0 Å². The second-order valence-corrected chi connectivity index (χ2v) is 4.98. The molecule has 1 fully saturated rings. The maximum absolute atomic E-state index is 12.4. The SMILES string of the molecule is O=C(NC1CCOC1)N1CC/C(=N/O)c2ccccc21. The van der Waals surface area contributed by atoms with Gasteiger partial charge in [-0.2, -0.15) is 0 Å². The number of nitrogens with zero attached hydrogens (tertiary/aromatic N) is 2. The second kappa shape index (κ2) is 5.50. The summed E-state index contributed by atoms with van der Waals surface area (Å²) < 4.78 is 5.26. The summed E-state index contributed by atoms with van der Waals surface area (Å²) in [6.45, 7) is 1.78. The molecule has 1 unspecified atom stereocenters. The Morgan fingerprint density at radius 3 is 3.05 bits per heavy atom. The minimum atomic E-state index is -0.120. The van der Waals surface area contributed by atoms with Gasteiger partial charge in [-0.15, -0.1) is 0 Å². The number of ether oxygens (including phenoxy) is 1. The van der Waals surface area contributed by atoms with Crippen LogP contribution in [0.2, 0.25) is 0 Å². The molecule has 1 aromatic rings. The van der Waals surface area contributed by atoms with Gasteiger partial charge in [0.2, 0.25) is 0 Å². The molecule has 2 N–H and O–H groups in total. The van der Waals surface area contributed by atoms with Crippen molar-refractivity contribution in [3.63, 3.8) is 0 Å². The lowest BCUT2D eigenvalue weighted by atomic mass is 10.00. The van der Waals surface area contributed by atoms with Crippen LogP contribution in [0.1, 0.15) is 18.4 Å². The molecule has 0 bridgehead atoms. The average Bonchev–Trinajstić information content (AvgIpc) is 2.99. The first kappa shape index (κ1) is 12.9. The van der Waals surface area contributed by atoms with Crippen LogP contribution < -0.4 is 10.2 Å². The van der Waals surface area contributed by atoms with Crippen molar-refractivity contribution in [2.75, 3.05) is 24.7 Å². The van der Waals surface area contributed by atoms with Gasteiger partial charge < -0.3 is 15.3 Å². The van der Waals surface area contributed by atoms with Gasteiger partial charge >= 0.3 is 6.03 Å². The van der Waals surface area contributed by atoms with Gasteiger partial charge in [-0.05, 0) is 12.5 Å². The van der Waals surface area contributed by atoms with Crippen molar-refractivity contribution in [1.29, 1.82) is 0 Å². The van der Waals surface area contributed by atoms with Crippen LogP contribution in [0.3, 0.4) is 0 Å². The van der Waals surface area contributed by atoms with Crippen LogP contribution in [0.15, 0.2) is 29.4 Å². The fourth-order valence-corrected chi connectivity index (χ4v) is 2.64. The van der Waals surface area contributed by atoms with Crippen LogP contribution in [0, 0.1) is 0 Å². The van der Waals surface area contributed by atoms with Gasteiger partial charge in [0, 0.05) is 25.1 Å². The molecule has 6 heteroatoms. The molecular weight excluding hydrogens is 258 g/mol. The van der Waals surface area contributed by atoms with Crippen molar-refractivity contribution >= 4 is 17.4 Å². The van der Waals surface area contributed by atoms with Crippen LogP contribution in [0.5, 0.6) is 0 Å². The number of hydrogen-bond acceptors (Lipinski definition) is 4. The molecule has 20 heavy (non-hydrogen) atoms. The lowest BCUT2D eigenvalue weighted by molar-refractivity contribution is 0.189. The summed E-state index contributed by atoms with van der Waals surface area (Å²) in [5, 5.41) is 15.4. The Morgan fingerprint density at radius 2 is 2.30 bits per heavy atom. The van der Waals surface area contributed by atoms with Crippen molar-refractivity contribution in [3.8, 4) is 0 Å². The number of hydrogen-bond donors (Lipinski definition) is 2. The first-order valence-corrected chi connectivity index (χ1v) is 6.75. The number of nitrogens with one attached hydrogen (secondary N) is 1. The largest absolute Gasteiger partial charge is 0.411 e. The van der Waals surface area contributed by atoms with Crippen LogP contribution >= 0.6 is 0 Å². The Balaban J connectivity index is 1.82. The number of benzene rings is 1. The monoisotopic (exact) mass is 275 g/mol. The molecule has 2 heterocycles. The Kier molecular flexibility index (Phi) is 3.56. The lowest BCUT2D eigenvalue weighted by Gasteiger charge is -2.30. The highest BCUT2D eigenvalue weighted by Gasteiger charge is 2.28. The second-order valence-electron chi connectivity index (χ2n) is 4.98. The molecule has 2 aliphatic heterocycles. The number of carbonyl (C=O) groups excluding carboxylic acids is 1. The highest BCUT2D eigenvalue weighted by Crippen LogP contribution is 2.27. The molecule has 0 aliphatic carbocycles. The summed E-state index contributed by atoms with van der Waals surface area (Å²) in [5.41, 5.74) is 2.20. The van der Waals surface area contributed by atoms with Crippen LogP contribution in [0.25, 0.3) is 0 Å². The minimum absolute atomic E-state index is 0.0857. The lowest BCUT2D eigenvalue weighted by Crippen LogP contribution is -2.47. The van der Waals surface area contributed by atoms with Crippen molar-refractivity contribution in [2.24, 2.45) is 5.16 Å². The molecule has 0 spiro atoms. The van der Waals surface area contributed by atoms with Crippen molar-refractivity contribution in [2.45, 2.75) is 18.9 Å². The maximum Gasteiger partial charge on any atom is 0.322 e. The Morgan fingerprint density at radius 1 is 1.45 bits per heavy atom. The number of carbonyl (C=O) groups is 1. The molecule has 0 radical (unpaired) electrons. The summed E-state index contributed by atoms with van der Waals surface area (Å²) in [6, 6.07) is 7.44. The first-order chi connectivity index (χ1) is 9.79. The van der Waals surface area contributed by atoms with E-state index < -0.39 is 0 Å². The van der Waals surface area contributed by atoms with Gasteiger partial charge in [0.05, 0.1) is 24.0 Å². The zero-order valence-electron chi connectivity index (χ0n) is 11.1. The molecule has 3 rings (SSSR count). The van der Waals surface area contributed by atoms with Gasteiger partial charge in [0.15, 0.2) is 0 Å². The van der Waals surface area contributed by atoms with Crippen LogP contribution in [0.4, 0.5) is 10.5 Å². The number of urea groups is 1. The minimum Gasteiger partial charge on any atom is -0.411 e. The van der Waals surface area contributed by atoms with E-state index in [1.165, 1.54) is 0 Å². The number of amides is 2. The van der Waals surface area contributed by atoms with E-state index in [1.807, 2.05) is 24.3 Å². The highest BCUT2D eigenvalue weighted by molar-refractivity contribution is 6.10. The van der Waals surface area contributed by atoms with E-state index in [9.17, 15) is 4.79 Å². The van der Waals surface area contributed by atoms with Crippen LogP contribution in [-0.2, 0) is 4.74 Å². The smallest absolute Gasteiger partial charge is 0.322 e. The molecule has 2 amide bonds. The van der Waals surface area contributed by atoms with Gasteiger partial charge in [0.25, 0.3) is 0 Å². The highest BCUT2D eigenvalue weighted by atomic mass is 16.5. The summed E-state index contributed by atoms with van der Waals surface area (Å²) in [4.78, 5) is 14.1. The topological polar surface area (TPSA) is 74.2 Å².